The number of hydrogen-bond acceptors (Lipinski definition) is 3. The standard InChI is InChI=1S/C21H26N2O3S/c1-16-8-9-20(14-17(16)2)22-21(24)19-10-12-23(13-11-19)27(25,26)15-18-6-4-3-5-7-18/h3-9,14,19H,10-13,15H2,1-2H3,(H,22,24). The van der Waals surface area contributed by atoms with Gasteiger partial charge in [0, 0.05) is 24.7 Å². The van der Waals surface area contributed by atoms with Gasteiger partial charge < -0.3 is 5.32 Å². The lowest BCUT2D eigenvalue weighted by Crippen LogP contribution is -2.41. The van der Waals surface area contributed by atoms with E-state index < -0.39 is 10.0 Å². The molecular weight excluding hydrogens is 360 g/mol. The second-order valence-corrected chi connectivity index (χ2v) is 9.17. The van der Waals surface area contributed by atoms with E-state index in [1.807, 2.05) is 62.4 Å². The first-order valence-corrected chi connectivity index (χ1v) is 10.9. The van der Waals surface area contributed by atoms with Crippen molar-refractivity contribution in [1.29, 1.82) is 0 Å². The molecule has 0 aromatic heterocycles. The number of nitrogens with zero attached hydrogens (tertiary/aromatic N) is 1. The molecule has 27 heavy (non-hydrogen) atoms. The normalized spacial score (nSPS) is 16.2. The Bertz CT molecular complexity index is 902. The molecule has 0 saturated carbocycles. The van der Waals surface area contributed by atoms with E-state index in [1.165, 1.54) is 9.87 Å². The Balaban J connectivity index is 1.56. The lowest BCUT2D eigenvalue weighted by Gasteiger charge is -2.30. The van der Waals surface area contributed by atoms with Gasteiger partial charge in [0.2, 0.25) is 15.9 Å². The number of rotatable bonds is 5. The molecule has 1 N–H and O–H groups in total. The van der Waals surface area contributed by atoms with Crippen LogP contribution >= 0.6 is 0 Å². The van der Waals surface area contributed by atoms with Crippen LogP contribution in [-0.4, -0.2) is 31.7 Å². The fourth-order valence-electron chi connectivity index (χ4n) is 3.34. The number of anilines is 1. The summed E-state index contributed by atoms with van der Waals surface area (Å²) < 4.78 is 26.7. The molecule has 1 saturated heterocycles. The second-order valence-electron chi connectivity index (χ2n) is 7.20. The molecule has 1 amide bonds. The summed E-state index contributed by atoms with van der Waals surface area (Å²) in [7, 11) is -3.35. The highest BCUT2D eigenvalue weighted by molar-refractivity contribution is 7.88. The third-order valence-corrected chi connectivity index (χ3v) is 7.03. The Labute approximate surface area is 161 Å². The molecule has 0 radical (unpaired) electrons. The Morgan fingerprint density at radius 1 is 1.04 bits per heavy atom. The first-order chi connectivity index (χ1) is 12.8. The van der Waals surface area contributed by atoms with Crippen LogP contribution in [0.25, 0.3) is 0 Å². The zero-order valence-electron chi connectivity index (χ0n) is 15.8. The summed E-state index contributed by atoms with van der Waals surface area (Å²) in [5.41, 5.74) is 3.90. The zero-order chi connectivity index (χ0) is 19.4. The van der Waals surface area contributed by atoms with Gasteiger partial charge in [-0.3, -0.25) is 4.79 Å². The van der Waals surface area contributed by atoms with Crippen molar-refractivity contribution in [3.63, 3.8) is 0 Å². The molecule has 0 aliphatic carbocycles. The maximum absolute atomic E-state index is 12.6. The highest BCUT2D eigenvalue weighted by Crippen LogP contribution is 2.23. The quantitative estimate of drug-likeness (QED) is 0.855. The lowest BCUT2D eigenvalue weighted by atomic mass is 9.97. The van der Waals surface area contributed by atoms with Crippen molar-refractivity contribution in [2.45, 2.75) is 32.4 Å². The first-order valence-electron chi connectivity index (χ1n) is 9.25. The summed E-state index contributed by atoms with van der Waals surface area (Å²) >= 11 is 0. The molecule has 1 aliphatic heterocycles. The third-order valence-electron chi connectivity index (χ3n) is 5.18. The van der Waals surface area contributed by atoms with Crippen molar-refractivity contribution >= 4 is 21.6 Å². The summed E-state index contributed by atoms with van der Waals surface area (Å²) in [4.78, 5) is 12.5. The Hall–Kier alpha value is -2.18. The van der Waals surface area contributed by atoms with Crippen LogP contribution < -0.4 is 5.32 Å². The molecule has 1 heterocycles. The van der Waals surface area contributed by atoms with Crippen LogP contribution in [0.1, 0.15) is 29.5 Å². The third kappa shape index (κ3) is 4.96. The van der Waals surface area contributed by atoms with Gasteiger partial charge in [-0.15, -0.1) is 0 Å². The summed E-state index contributed by atoms with van der Waals surface area (Å²) in [6.45, 7) is 4.83. The maximum atomic E-state index is 12.6. The largest absolute Gasteiger partial charge is 0.326 e. The molecule has 144 valence electrons. The monoisotopic (exact) mass is 386 g/mol. The number of benzene rings is 2. The van der Waals surface area contributed by atoms with Crippen molar-refractivity contribution in [1.82, 2.24) is 4.31 Å². The van der Waals surface area contributed by atoms with E-state index in [0.717, 1.165) is 16.8 Å². The fourth-order valence-corrected chi connectivity index (χ4v) is 4.90. The van der Waals surface area contributed by atoms with Gasteiger partial charge in [0.1, 0.15) is 0 Å². The van der Waals surface area contributed by atoms with Crippen LogP contribution in [0.3, 0.4) is 0 Å². The molecule has 0 spiro atoms. The van der Waals surface area contributed by atoms with Gasteiger partial charge in [-0.2, -0.15) is 0 Å². The van der Waals surface area contributed by atoms with E-state index in [-0.39, 0.29) is 17.6 Å². The Morgan fingerprint density at radius 2 is 1.70 bits per heavy atom. The molecule has 1 fully saturated rings. The van der Waals surface area contributed by atoms with Gasteiger partial charge in [-0.25, -0.2) is 12.7 Å². The van der Waals surface area contributed by atoms with E-state index >= 15 is 0 Å². The van der Waals surface area contributed by atoms with E-state index in [9.17, 15) is 13.2 Å². The van der Waals surface area contributed by atoms with Gasteiger partial charge in [-0.1, -0.05) is 36.4 Å². The number of carbonyl (C=O) groups is 1. The number of carbonyl (C=O) groups excluding carboxylic acids is 1. The van der Waals surface area contributed by atoms with Crippen molar-refractivity contribution in [3.8, 4) is 0 Å². The average molecular weight is 387 g/mol. The van der Waals surface area contributed by atoms with Crippen molar-refractivity contribution < 1.29 is 13.2 Å². The average Bonchev–Trinajstić information content (AvgIpc) is 2.65. The van der Waals surface area contributed by atoms with Gasteiger partial charge in [0.15, 0.2) is 0 Å². The molecule has 5 nitrogen and oxygen atoms in total. The summed E-state index contributed by atoms with van der Waals surface area (Å²) in [6.07, 6.45) is 1.09. The van der Waals surface area contributed by atoms with Gasteiger partial charge in [-0.05, 0) is 55.5 Å². The minimum atomic E-state index is -3.35. The minimum absolute atomic E-state index is 0.00729. The number of sulfonamides is 1. The maximum Gasteiger partial charge on any atom is 0.227 e. The summed E-state index contributed by atoms with van der Waals surface area (Å²) in [6, 6.07) is 15.1. The number of piperidine rings is 1. The van der Waals surface area contributed by atoms with Crippen molar-refractivity contribution in [3.05, 3.63) is 65.2 Å². The van der Waals surface area contributed by atoms with E-state index in [2.05, 4.69) is 5.32 Å². The zero-order valence-corrected chi connectivity index (χ0v) is 16.6. The number of hydrogen-bond donors (Lipinski definition) is 1. The number of aryl methyl sites for hydroxylation is 2. The van der Waals surface area contributed by atoms with E-state index in [4.69, 9.17) is 0 Å². The van der Waals surface area contributed by atoms with Gasteiger partial charge in [0.25, 0.3) is 0 Å². The molecule has 2 aromatic carbocycles. The SMILES string of the molecule is Cc1ccc(NC(=O)C2CCN(S(=O)(=O)Cc3ccccc3)CC2)cc1C. The van der Waals surface area contributed by atoms with Crippen LogP contribution in [0.5, 0.6) is 0 Å². The predicted octanol–water partition coefficient (Wildman–Crippen LogP) is 3.48. The Morgan fingerprint density at radius 3 is 2.33 bits per heavy atom. The highest BCUT2D eigenvalue weighted by Gasteiger charge is 2.31. The molecule has 0 unspecified atom stereocenters. The second kappa shape index (κ2) is 8.23. The van der Waals surface area contributed by atoms with Crippen molar-refractivity contribution in [2.75, 3.05) is 18.4 Å². The topological polar surface area (TPSA) is 66.5 Å². The molecule has 1 aliphatic rings. The van der Waals surface area contributed by atoms with Crippen LogP contribution in [0, 0.1) is 19.8 Å². The molecule has 0 bridgehead atoms. The smallest absolute Gasteiger partial charge is 0.227 e. The lowest BCUT2D eigenvalue weighted by molar-refractivity contribution is -0.120. The van der Waals surface area contributed by atoms with Gasteiger partial charge in [0.05, 0.1) is 5.75 Å². The van der Waals surface area contributed by atoms with Crippen LogP contribution in [0.2, 0.25) is 0 Å². The predicted molar refractivity (Wildman–Crippen MR) is 108 cm³/mol. The first kappa shape index (κ1) is 19.6. The molecule has 6 heteroatoms. The minimum Gasteiger partial charge on any atom is -0.326 e. The van der Waals surface area contributed by atoms with E-state index in [1.54, 1.807) is 0 Å². The summed E-state index contributed by atoms with van der Waals surface area (Å²) in [5.74, 6) is -0.180. The van der Waals surface area contributed by atoms with Crippen LogP contribution in [0.4, 0.5) is 5.69 Å². The van der Waals surface area contributed by atoms with Crippen molar-refractivity contribution in [2.24, 2.45) is 5.92 Å². The molecule has 2 aromatic rings. The highest BCUT2D eigenvalue weighted by atomic mass is 32.2. The molecule has 0 atom stereocenters. The van der Waals surface area contributed by atoms with Gasteiger partial charge >= 0.3 is 0 Å². The molecular formula is C21H26N2O3S. The van der Waals surface area contributed by atoms with Crippen LogP contribution in [-0.2, 0) is 20.6 Å². The molecule has 3 rings (SSSR count). The van der Waals surface area contributed by atoms with E-state index in [0.29, 0.717) is 25.9 Å². The number of amides is 1. The number of nitrogens with one attached hydrogen (secondary N) is 1. The Kier molecular flexibility index (Phi) is 5.97. The fraction of sp³-hybridized carbons (Fsp3) is 0.381. The van der Waals surface area contributed by atoms with Crippen LogP contribution in [0.15, 0.2) is 48.5 Å². The summed E-state index contributed by atoms with van der Waals surface area (Å²) in [5, 5.41) is 2.97.